The molecule has 0 unspecified atom stereocenters. The Bertz CT molecular complexity index is 1040. The number of hydrogen-bond acceptors (Lipinski definition) is 4. The van der Waals surface area contributed by atoms with Crippen LogP contribution in [0.1, 0.15) is 36.8 Å². The second kappa shape index (κ2) is 9.20. The normalized spacial score (nSPS) is 13.2. The van der Waals surface area contributed by atoms with E-state index in [-0.39, 0.29) is 17.2 Å². The molecule has 0 bridgehead atoms. The molecular weight excluding hydrogens is 427 g/mol. The summed E-state index contributed by atoms with van der Waals surface area (Å²) in [5, 5.41) is 12.9. The van der Waals surface area contributed by atoms with Crippen molar-refractivity contribution in [2.24, 2.45) is 0 Å². The molecule has 1 N–H and O–H groups in total. The highest BCUT2D eigenvalue weighted by Crippen LogP contribution is 2.29. The van der Waals surface area contributed by atoms with Crippen LogP contribution in [0.3, 0.4) is 0 Å². The molecule has 1 aromatic heterocycles. The average molecular weight is 449 g/mol. The fourth-order valence-corrected chi connectivity index (χ4v) is 4.47. The fraction of sp³-hybridized carbons (Fsp3) is 0.286. The maximum absolute atomic E-state index is 12.8. The van der Waals surface area contributed by atoms with Gasteiger partial charge >= 0.3 is 0 Å². The van der Waals surface area contributed by atoms with Crippen LogP contribution in [0.4, 0.5) is 0 Å². The molecule has 152 valence electrons. The molecule has 0 saturated heterocycles. The minimum atomic E-state index is -0.366. The number of aromatic nitrogens is 3. The van der Waals surface area contributed by atoms with E-state index in [4.69, 9.17) is 23.2 Å². The SMILES string of the molecule is Cc1ccccc1-n1c(C)nnc1S[C@H](C)C(=O)N[C@H](C)c1ccc(Cl)cc1Cl. The van der Waals surface area contributed by atoms with E-state index >= 15 is 0 Å². The van der Waals surface area contributed by atoms with Gasteiger partial charge in [-0.05, 0) is 57.0 Å². The lowest BCUT2D eigenvalue weighted by molar-refractivity contribution is -0.120. The third-order valence-corrected chi connectivity index (χ3v) is 6.20. The van der Waals surface area contributed by atoms with E-state index in [0.717, 1.165) is 22.6 Å². The molecule has 0 radical (unpaired) electrons. The van der Waals surface area contributed by atoms with Gasteiger partial charge in [-0.3, -0.25) is 9.36 Å². The van der Waals surface area contributed by atoms with Gasteiger partial charge in [0.25, 0.3) is 0 Å². The molecule has 5 nitrogen and oxygen atoms in total. The van der Waals surface area contributed by atoms with Crippen molar-refractivity contribution >= 4 is 40.9 Å². The molecule has 0 aliphatic rings. The first-order valence-electron chi connectivity index (χ1n) is 9.18. The second-order valence-electron chi connectivity index (χ2n) is 6.81. The molecule has 8 heteroatoms. The lowest BCUT2D eigenvalue weighted by atomic mass is 10.1. The highest BCUT2D eigenvalue weighted by Gasteiger charge is 2.22. The number of thioether (sulfide) groups is 1. The number of carbonyl (C=O) groups excluding carboxylic acids is 1. The van der Waals surface area contributed by atoms with Gasteiger partial charge in [0.2, 0.25) is 5.91 Å². The summed E-state index contributed by atoms with van der Waals surface area (Å²) in [7, 11) is 0. The first-order valence-corrected chi connectivity index (χ1v) is 10.8. The standard InChI is InChI=1S/C21H22Cl2N4OS/c1-12-7-5-6-8-19(12)27-15(4)25-26-21(27)29-14(3)20(28)24-13(2)17-10-9-16(22)11-18(17)23/h5-11,13-14H,1-4H3,(H,24,28)/t13-,14-/m1/s1. The van der Waals surface area contributed by atoms with Gasteiger partial charge in [0.05, 0.1) is 17.0 Å². The van der Waals surface area contributed by atoms with Gasteiger partial charge in [-0.1, -0.05) is 59.2 Å². The summed E-state index contributed by atoms with van der Waals surface area (Å²) in [4.78, 5) is 12.8. The van der Waals surface area contributed by atoms with E-state index in [1.807, 2.05) is 62.6 Å². The predicted molar refractivity (Wildman–Crippen MR) is 119 cm³/mol. The number of aryl methyl sites for hydroxylation is 2. The third kappa shape index (κ3) is 4.94. The van der Waals surface area contributed by atoms with Crippen LogP contribution < -0.4 is 5.32 Å². The van der Waals surface area contributed by atoms with Crippen LogP contribution in [0.25, 0.3) is 5.69 Å². The van der Waals surface area contributed by atoms with E-state index in [2.05, 4.69) is 15.5 Å². The lowest BCUT2D eigenvalue weighted by Gasteiger charge is -2.19. The van der Waals surface area contributed by atoms with Crippen LogP contribution in [0.2, 0.25) is 10.0 Å². The molecule has 0 aliphatic carbocycles. The first-order chi connectivity index (χ1) is 13.8. The second-order valence-corrected chi connectivity index (χ2v) is 8.96. The van der Waals surface area contributed by atoms with Crippen molar-refractivity contribution in [1.29, 1.82) is 0 Å². The molecule has 29 heavy (non-hydrogen) atoms. The average Bonchev–Trinajstić information content (AvgIpc) is 3.02. The van der Waals surface area contributed by atoms with Crippen molar-refractivity contribution in [2.45, 2.75) is 44.1 Å². The van der Waals surface area contributed by atoms with Crippen LogP contribution in [-0.2, 0) is 4.79 Å². The van der Waals surface area contributed by atoms with E-state index in [1.165, 1.54) is 11.8 Å². The Balaban J connectivity index is 1.75. The van der Waals surface area contributed by atoms with Gasteiger partial charge < -0.3 is 5.32 Å². The summed E-state index contributed by atoms with van der Waals surface area (Å²) in [6.07, 6.45) is 0. The zero-order valence-corrected chi connectivity index (χ0v) is 18.9. The topological polar surface area (TPSA) is 59.8 Å². The van der Waals surface area contributed by atoms with E-state index in [1.54, 1.807) is 12.1 Å². The molecule has 3 aromatic rings. The van der Waals surface area contributed by atoms with Crippen molar-refractivity contribution in [1.82, 2.24) is 20.1 Å². The van der Waals surface area contributed by atoms with Crippen LogP contribution >= 0.6 is 35.0 Å². The van der Waals surface area contributed by atoms with Crippen molar-refractivity contribution in [3.05, 3.63) is 69.5 Å². The lowest BCUT2D eigenvalue weighted by Crippen LogP contribution is -2.33. The Morgan fingerprint density at radius 3 is 2.52 bits per heavy atom. The third-order valence-electron chi connectivity index (χ3n) is 4.59. The molecule has 2 atom stereocenters. The molecule has 0 spiro atoms. The van der Waals surface area contributed by atoms with Crippen LogP contribution in [-0.4, -0.2) is 25.9 Å². The Morgan fingerprint density at radius 1 is 1.10 bits per heavy atom. The zero-order chi connectivity index (χ0) is 21.1. The summed E-state index contributed by atoms with van der Waals surface area (Å²) in [5.41, 5.74) is 2.94. The number of hydrogen-bond donors (Lipinski definition) is 1. The predicted octanol–water partition coefficient (Wildman–Crippen LogP) is 5.55. The van der Waals surface area contributed by atoms with Gasteiger partial charge in [-0.25, -0.2) is 0 Å². The Kier molecular flexibility index (Phi) is 6.88. The summed E-state index contributed by atoms with van der Waals surface area (Å²) in [5.74, 6) is 0.668. The van der Waals surface area contributed by atoms with Gasteiger partial charge in [-0.2, -0.15) is 0 Å². The van der Waals surface area contributed by atoms with Crippen LogP contribution in [0, 0.1) is 13.8 Å². The molecule has 0 fully saturated rings. The van der Waals surface area contributed by atoms with Crippen molar-refractivity contribution < 1.29 is 4.79 Å². The van der Waals surface area contributed by atoms with Crippen LogP contribution in [0.15, 0.2) is 47.6 Å². The van der Waals surface area contributed by atoms with Crippen molar-refractivity contribution in [3.63, 3.8) is 0 Å². The van der Waals surface area contributed by atoms with Crippen LogP contribution in [0.5, 0.6) is 0 Å². The largest absolute Gasteiger partial charge is 0.349 e. The number of nitrogens with one attached hydrogen (secondary N) is 1. The number of benzene rings is 2. The molecule has 0 saturated carbocycles. The van der Waals surface area contributed by atoms with E-state index < -0.39 is 0 Å². The number of amides is 1. The Morgan fingerprint density at radius 2 is 1.83 bits per heavy atom. The van der Waals surface area contributed by atoms with Gasteiger partial charge in [0.1, 0.15) is 5.82 Å². The Labute approximate surface area is 184 Å². The molecule has 0 aliphatic heterocycles. The maximum Gasteiger partial charge on any atom is 0.233 e. The molecule has 2 aromatic carbocycles. The fourth-order valence-electron chi connectivity index (χ4n) is 2.98. The first kappa shape index (κ1) is 21.7. The number of carbonyl (C=O) groups is 1. The summed E-state index contributed by atoms with van der Waals surface area (Å²) in [6.45, 7) is 7.68. The van der Waals surface area contributed by atoms with E-state index in [0.29, 0.717) is 15.2 Å². The molecule has 1 heterocycles. The summed E-state index contributed by atoms with van der Waals surface area (Å²) < 4.78 is 1.98. The molecular formula is C21H22Cl2N4OS. The minimum absolute atomic E-state index is 0.106. The number of halogens is 2. The molecule has 3 rings (SSSR count). The maximum atomic E-state index is 12.8. The summed E-state index contributed by atoms with van der Waals surface area (Å²) in [6, 6.07) is 13.0. The van der Waals surface area contributed by atoms with Gasteiger partial charge in [0.15, 0.2) is 5.16 Å². The van der Waals surface area contributed by atoms with Gasteiger partial charge in [0, 0.05) is 10.0 Å². The zero-order valence-electron chi connectivity index (χ0n) is 16.6. The smallest absolute Gasteiger partial charge is 0.233 e. The quantitative estimate of drug-likeness (QED) is 0.502. The highest BCUT2D eigenvalue weighted by atomic mass is 35.5. The number of nitrogens with zero attached hydrogens (tertiary/aromatic N) is 3. The van der Waals surface area contributed by atoms with Crippen molar-refractivity contribution in [2.75, 3.05) is 0 Å². The highest BCUT2D eigenvalue weighted by molar-refractivity contribution is 8.00. The van der Waals surface area contributed by atoms with Gasteiger partial charge in [-0.15, -0.1) is 10.2 Å². The molecule has 1 amide bonds. The summed E-state index contributed by atoms with van der Waals surface area (Å²) >= 11 is 13.6. The Hall–Kier alpha value is -2.02. The minimum Gasteiger partial charge on any atom is -0.349 e. The van der Waals surface area contributed by atoms with E-state index in [9.17, 15) is 4.79 Å². The number of para-hydroxylation sites is 1. The monoisotopic (exact) mass is 448 g/mol. The van der Waals surface area contributed by atoms with Crippen molar-refractivity contribution in [3.8, 4) is 5.69 Å². The number of rotatable bonds is 6.